The molecule has 1 aromatic heterocycles. The highest BCUT2D eigenvalue weighted by atomic mass is 16.5. The summed E-state index contributed by atoms with van der Waals surface area (Å²) in [6, 6.07) is 11.2. The lowest BCUT2D eigenvalue weighted by Gasteiger charge is -2.05. The lowest BCUT2D eigenvalue weighted by molar-refractivity contribution is 0.281. The van der Waals surface area contributed by atoms with Crippen molar-refractivity contribution in [2.45, 2.75) is 45.4 Å². The zero-order chi connectivity index (χ0) is 14.8. The Morgan fingerprint density at radius 1 is 0.905 bits per heavy atom. The van der Waals surface area contributed by atoms with Crippen LogP contribution in [0.4, 0.5) is 0 Å². The predicted octanol–water partition coefficient (Wildman–Crippen LogP) is 4.68. The van der Waals surface area contributed by atoms with Crippen molar-refractivity contribution in [3.05, 3.63) is 42.7 Å². The molecule has 0 fully saturated rings. The fourth-order valence-electron chi connectivity index (χ4n) is 2.16. The largest absolute Gasteiger partial charge is 0.463 e. The SMILES string of the molecule is CCCCCCCCOc1ncc(-c2cc[c]cc2)cn1. The van der Waals surface area contributed by atoms with Crippen LogP contribution in [-0.2, 0) is 0 Å². The number of ether oxygens (including phenoxy) is 1. The molecule has 0 spiro atoms. The Hall–Kier alpha value is -1.90. The van der Waals surface area contributed by atoms with Crippen LogP contribution in [0.2, 0.25) is 0 Å². The molecule has 0 saturated heterocycles. The van der Waals surface area contributed by atoms with Gasteiger partial charge in [0.25, 0.3) is 0 Å². The van der Waals surface area contributed by atoms with Crippen molar-refractivity contribution in [2.24, 2.45) is 0 Å². The average molecular weight is 283 g/mol. The molecule has 0 saturated carbocycles. The van der Waals surface area contributed by atoms with Crippen molar-refractivity contribution in [3.8, 4) is 17.1 Å². The van der Waals surface area contributed by atoms with Crippen LogP contribution in [0.1, 0.15) is 45.4 Å². The number of aromatic nitrogens is 2. The minimum Gasteiger partial charge on any atom is -0.463 e. The molecule has 1 heterocycles. The lowest BCUT2D eigenvalue weighted by Crippen LogP contribution is -2.01. The van der Waals surface area contributed by atoms with Gasteiger partial charge >= 0.3 is 6.01 Å². The van der Waals surface area contributed by atoms with E-state index in [4.69, 9.17) is 4.74 Å². The third-order valence-electron chi connectivity index (χ3n) is 3.41. The molecular formula is C18H23N2O. The summed E-state index contributed by atoms with van der Waals surface area (Å²) in [5, 5.41) is 0. The molecule has 2 aromatic rings. The maximum Gasteiger partial charge on any atom is 0.316 e. The zero-order valence-electron chi connectivity index (χ0n) is 12.7. The first-order chi connectivity index (χ1) is 10.4. The molecule has 0 atom stereocenters. The third-order valence-corrected chi connectivity index (χ3v) is 3.41. The van der Waals surface area contributed by atoms with Gasteiger partial charge in [-0.2, -0.15) is 0 Å². The maximum absolute atomic E-state index is 5.58. The van der Waals surface area contributed by atoms with E-state index < -0.39 is 0 Å². The third kappa shape index (κ3) is 5.54. The van der Waals surface area contributed by atoms with Gasteiger partial charge in [-0.3, -0.25) is 0 Å². The van der Waals surface area contributed by atoms with Gasteiger partial charge in [0.1, 0.15) is 0 Å². The predicted molar refractivity (Wildman–Crippen MR) is 85.2 cm³/mol. The van der Waals surface area contributed by atoms with Crippen LogP contribution in [0.25, 0.3) is 11.1 Å². The van der Waals surface area contributed by atoms with Crippen molar-refractivity contribution < 1.29 is 4.74 Å². The average Bonchev–Trinajstić information content (AvgIpc) is 2.55. The smallest absolute Gasteiger partial charge is 0.316 e. The van der Waals surface area contributed by atoms with E-state index in [0.29, 0.717) is 12.6 Å². The molecule has 2 rings (SSSR count). The minimum absolute atomic E-state index is 0.467. The van der Waals surface area contributed by atoms with E-state index in [2.05, 4.69) is 23.0 Å². The normalized spacial score (nSPS) is 10.5. The van der Waals surface area contributed by atoms with Gasteiger partial charge in [0.05, 0.1) is 6.61 Å². The molecule has 0 amide bonds. The highest BCUT2D eigenvalue weighted by Gasteiger charge is 2.01. The maximum atomic E-state index is 5.58. The molecule has 0 aliphatic heterocycles. The van der Waals surface area contributed by atoms with Crippen molar-refractivity contribution in [3.63, 3.8) is 0 Å². The summed E-state index contributed by atoms with van der Waals surface area (Å²) in [5.41, 5.74) is 2.09. The van der Waals surface area contributed by atoms with Crippen LogP contribution in [0.15, 0.2) is 36.7 Å². The molecule has 0 aliphatic rings. The number of nitrogens with zero attached hydrogens (tertiary/aromatic N) is 2. The van der Waals surface area contributed by atoms with Crippen molar-refractivity contribution in [1.29, 1.82) is 0 Å². The number of hydrogen-bond acceptors (Lipinski definition) is 3. The number of hydrogen-bond donors (Lipinski definition) is 0. The van der Waals surface area contributed by atoms with Gasteiger partial charge in [0, 0.05) is 18.0 Å². The molecule has 0 bridgehead atoms. The molecular weight excluding hydrogens is 260 g/mol. The first-order valence-corrected chi connectivity index (χ1v) is 7.81. The molecule has 1 aromatic carbocycles. The van der Waals surface area contributed by atoms with Crippen LogP contribution in [0.5, 0.6) is 6.01 Å². The Morgan fingerprint density at radius 2 is 1.57 bits per heavy atom. The molecule has 0 N–H and O–H groups in total. The van der Waals surface area contributed by atoms with Gasteiger partial charge in [-0.05, 0) is 18.1 Å². The van der Waals surface area contributed by atoms with Gasteiger partial charge in [0.15, 0.2) is 0 Å². The van der Waals surface area contributed by atoms with E-state index in [1.54, 1.807) is 12.4 Å². The fraction of sp³-hybridized carbons (Fsp3) is 0.444. The van der Waals surface area contributed by atoms with E-state index in [9.17, 15) is 0 Å². The van der Waals surface area contributed by atoms with E-state index in [1.807, 2.05) is 24.3 Å². The monoisotopic (exact) mass is 283 g/mol. The van der Waals surface area contributed by atoms with E-state index in [-0.39, 0.29) is 0 Å². The minimum atomic E-state index is 0.467. The number of unbranched alkanes of at least 4 members (excludes halogenated alkanes) is 5. The van der Waals surface area contributed by atoms with E-state index >= 15 is 0 Å². The van der Waals surface area contributed by atoms with Gasteiger partial charge in [-0.25, -0.2) is 9.97 Å². The van der Waals surface area contributed by atoms with E-state index in [0.717, 1.165) is 17.5 Å². The van der Waals surface area contributed by atoms with Crippen molar-refractivity contribution in [2.75, 3.05) is 6.61 Å². The molecule has 3 nitrogen and oxygen atoms in total. The standard InChI is InChI=1S/C18H23N2O/c1-2-3-4-5-6-10-13-21-18-19-14-17(15-20-18)16-11-8-7-9-12-16/h8-9,11-12,14-15H,2-6,10,13H2,1H3. The summed E-state index contributed by atoms with van der Waals surface area (Å²) in [6.07, 6.45) is 11.1. The molecule has 21 heavy (non-hydrogen) atoms. The lowest BCUT2D eigenvalue weighted by atomic mass is 10.1. The second kappa shape index (κ2) is 9.11. The summed E-state index contributed by atoms with van der Waals surface area (Å²) in [6.45, 7) is 2.93. The van der Waals surface area contributed by atoms with Gasteiger partial charge in [0.2, 0.25) is 0 Å². The van der Waals surface area contributed by atoms with Crippen molar-refractivity contribution >= 4 is 0 Å². The first kappa shape index (κ1) is 15.5. The Labute approximate surface area is 127 Å². The highest BCUT2D eigenvalue weighted by Crippen LogP contribution is 2.17. The topological polar surface area (TPSA) is 35.0 Å². The Kier molecular flexibility index (Phi) is 6.72. The Bertz CT molecular complexity index is 496. The van der Waals surface area contributed by atoms with E-state index in [1.165, 1.54) is 32.1 Å². The molecule has 1 radical (unpaired) electrons. The number of benzene rings is 1. The van der Waals surface area contributed by atoms with Gasteiger partial charge in [-0.1, -0.05) is 63.3 Å². The quantitative estimate of drug-likeness (QED) is 0.627. The first-order valence-electron chi connectivity index (χ1n) is 7.81. The molecule has 0 unspecified atom stereocenters. The second-order valence-corrected chi connectivity index (χ2v) is 5.16. The van der Waals surface area contributed by atoms with Crippen LogP contribution in [0, 0.1) is 6.07 Å². The summed E-state index contributed by atoms with van der Waals surface area (Å²) < 4.78 is 5.58. The van der Waals surface area contributed by atoms with Crippen LogP contribution in [-0.4, -0.2) is 16.6 Å². The molecule has 111 valence electrons. The van der Waals surface area contributed by atoms with Crippen LogP contribution in [0.3, 0.4) is 0 Å². The zero-order valence-corrected chi connectivity index (χ0v) is 12.7. The summed E-state index contributed by atoms with van der Waals surface area (Å²) in [5.74, 6) is 0. The highest BCUT2D eigenvalue weighted by molar-refractivity contribution is 5.60. The van der Waals surface area contributed by atoms with Gasteiger partial charge in [-0.15, -0.1) is 0 Å². The molecule has 3 heteroatoms. The molecule has 0 aliphatic carbocycles. The Balaban J connectivity index is 1.71. The number of rotatable bonds is 9. The van der Waals surface area contributed by atoms with Crippen molar-refractivity contribution in [1.82, 2.24) is 9.97 Å². The summed E-state index contributed by atoms with van der Waals surface area (Å²) in [7, 11) is 0. The van der Waals surface area contributed by atoms with Crippen LogP contribution >= 0.6 is 0 Å². The summed E-state index contributed by atoms with van der Waals surface area (Å²) in [4.78, 5) is 8.52. The summed E-state index contributed by atoms with van der Waals surface area (Å²) >= 11 is 0. The second-order valence-electron chi connectivity index (χ2n) is 5.16. The Morgan fingerprint density at radius 3 is 2.29 bits per heavy atom. The van der Waals surface area contributed by atoms with Crippen LogP contribution < -0.4 is 4.74 Å². The van der Waals surface area contributed by atoms with Gasteiger partial charge < -0.3 is 4.74 Å². The fourth-order valence-corrected chi connectivity index (χ4v) is 2.16.